The lowest BCUT2D eigenvalue weighted by atomic mass is 9.39. The van der Waals surface area contributed by atoms with Crippen LogP contribution in [0, 0.1) is 20.8 Å². The number of aromatic nitrogens is 2. The molecule has 1 aliphatic heterocycles. The lowest BCUT2D eigenvalue weighted by molar-refractivity contribution is 0.887. The van der Waals surface area contributed by atoms with Gasteiger partial charge < -0.3 is 0 Å². The molecule has 6 rings (SSSR count). The van der Waals surface area contributed by atoms with Crippen molar-refractivity contribution in [1.82, 2.24) is 9.78 Å². The van der Waals surface area contributed by atoms with Crippen molar-refractivity contribution < 1.29 is 0 Å². The van der Waals surface area contributed by atoms with Crippen molar-refractivity contribution >= 4 is 23.1 Å². The summed E-state index contributed by atoms with van der Waals surface area (Å²) in [4.78, 5) is 0. The van der Waals surface area contributed by atoms with Crippen LogP contribution in [0.15, 0.2) is 97.2 Å². The first kappa shape index (κ1) is 19.8. The highest BCUT2D eigenvalue weighted by Crippen LogP contribution is 2.30. The minimum absolute atomic E-state index is 0.235. The predicted molar refractivity (Wildman–Crippen MR) is 140 cm³/mol. The molecule has 5 aromatic rings. The van der Waals surface area contributed by atoms with Gasteiger partial charge in [-0.05, 0) is 61.2 Å². The number of hydrogen-bond acceptors (Lipinski definition) is 1. The molecule has 0 unspecified atom stereocenters. The molecule has 0 spiro atoms. The van der Waals surface area contributed by atoms with Crippen molar-refractivity contribution in [1.29, 1.82) is 0 Å². The molecule has 0 atom stereocenters. The Labute approximate surface area is 195 Å². The molecular weight excluding hydrogens is 399 g/mol. The largest absolute Gasteiger partial charge is 0.242 e. The van der Waals surface area contributed by atoms with Gasteiger partial charge in [-0.3, -0.25) is 0 Å². The van der Waals surface area contributed by atoms with Crippen LogP contribution in [-0.4, -0.2) is 16.5 Å². The topological polar surface area (TPSA) is 17.8 Å². The third-order valence-electron chi connectivity index (χ3n) is 6.86. The van der Waals surface area contributed by atoms with Crippen molar-refractivity contribution in [3.05, 3.63) is 114 Å². The number of aryl methyl sites for hydroxylation is 3. The van der Waals surface area contributed by atoms with E-state index in [9.17, 15) is 0 Å². The van der Waals surface area contributed by atoms with Crippen molar-refractivity contribution in [3.8, 4) is 28.1 Å². The average molecular weight is 424 g/mol. The third-order valence-corrected chi connectivity index (χ3v) is 6.86. The molecule has 158 valence electrons. The van der Waals surface area contributed by atoms with E-state index in [1.165, 1.54) is 49.8 Å². The zero-order valence-electron chi connectivity index (χ0n) is 19.2. The molecule has 0 N–H and O–H groups in total. The second-order valence-corrected chi connectivity index (χ2v) is 9.10. The maximum atomic E-state index is 4.74. The molecule has 4 aromatic carbocycles. The Morgan fingerprint density at radius 3 is 1.97 bits per heavy atom. The predicted octanol–water partition coefficient (Wildman–Crippen LogP) is 4.96. The van der Waals surface area contributed by atoms with Crippen LogP contribution < -0.4 is 16.4 Å². The first-order chi connectivity index (χ1) is 16.1. The zero-order chi connectivity index (χ0) is 22.5. The summed E-state index contributed by atoms with van der Waals surface area (Å²) in [5.74, 6) is 0. The minimum Gasteiger partial charge on any atom is -0.233 e. The number of benzene rings is 4. The molecule has 3 heteroatoms. The minimum atomic E-state index is 0.235. The van der Waals surface area contributed by atoms with Crippen LogP contribution in [0.25, 0.3) is 28.1 Å². The van der Waals surface area contributed by atoms with Gasteiger partial charge in [-0.25, -0.2) is 4.68 Å². The fourth-order valence-corrected chi connectivity index (χ4v) is 5.63. The van der Waals surface area contributed by atoms with Gasteiger partial charge in [0.25, 0.3) is 0 Å². The van der Waals surface area contributed by atoms with Crippen molar-refractivity contribution in [2.24, 2.45) is 0 Å². The van der Waals surface area contributed by atoms with Crippen LogP contribution in [0.3, 0.4) is 0 Å². The van der Waals surface area contributed by atoms with Gasteiger partial charge in [-0.1, -0.05) is 94.7 Å². The van der Waals surface area contributed by atoms with Gasteiger partial charge in [-0.2, -0.15) is 5.10 Å². The number of rotatable bonds is 3. The van der Waals surface area contributed by atoms with E-state index < -0.39 is 0 Å². The summed E-state index contributed by atoms with van der Waals surface area (Å²) >= 11 is 0. The van der Waals surface area contributed by atoms with Crippen LogP contribution >= 0.6 is 0 Å². The quantitative estimate of drug-likeness (QED) is 0.367. The summed E-state index contributed by atoms with van der Waals surface area (Å²) in [6, 6.07) is 33.1. The van der Waals surface area contributed by atoms with Crippen molar-refractivity contribution in [2.75, 3.05) is 0 Å². The molecule has 0 amide bonds. The second-order valence-electron chi connectivity index (χ2n) is 9.10. The fourth-order valence-electron chi connectivity index (χ4n) is 5.63. The summed E-state index contributed by atoms with van der Waals surface area (Å²) < 4.78 is 2.08. The zero-order valence-corrected chi connectivity index (χ0v) is 19.2. The molecule has 2 heterocycles. The standard InChI is InChI=1S/C30H25BN2/c1-20-17-21(2)30(22(3)18-20)29-15-16-32-33(29)24-10-8-9-23(19-24)31-27-13-6-4-11-25(27)26-12-5-7-14-28(26)31/h4-19H,1-3H3. The summed E-state index contributed by atoms with van der Waals surface area (Å²) in [6.45, 7) is 6.77. The molecule has 0 fully saturated rings. The molecule has 1 aliphatic rings. The van der Waals surface area contributed by atoms with E-state index in [0.717, 1.165) is 11.4 Å². The average Bonchev–Trinajstić information content (AvgIpc) is 3.42. The molecule has 2 nitrogen and oxygen atoms in total. The van der Waals surface area contributed by atoms with Crippen LogP contribution in [0.4, 0.5) is 0 Å². The van der Waals surface area contributed by atoms with E-state index in [-0.39, 0.29) is 6.71 Å². The summed E-state index contributed by atoms with van der Waals surface area (Å²) in [5, 5.41) is 4.74. The van der Waals surface area contributed by atoms with Crippen LogP contribution in [-0.2, 0) is 0 Å². The van der Waals surface area contributed by atoms with Gasteiger partial charge in [0.2, 0.25) is 6.71 Å². The normalized spacial score (nSPS) is 12.0. The Morgan fingerprint density at radius 2 is 1.30 bits per heavy atom. The molecule has 0 bridgehead atoms. The third kappa shape index (κ3) is 3.15. The highest BCUT2D eigenvalue weighted by molar-refractivity contribution is 6.99. The van der Waals surface area contributed by atoms with E-state index in [2.05, 4.69) is 116 Å². The molecule has 0 saturated heterocycles. The molecule has 0 aliphatic carbocycles. The van der Waals surface area contributed by atoms with E-state index >= 15 is 0 Å². The monoisotopic (exact) mass is 424 g/mol. The highest BCUT2D eigenvalue weighted by atomic mass is 15.3. The summed E-state index contributed by atoms with van der Waals surface area (Å²) in [7, 11) is 0. The lowest BCUT2D eigenvalue weighted by Crippen LogP contribution is -2.48. The van der Waals surface area contributed by atoms with E-state index in [1.807, 2.05) is 6.20 Å². The Hall–Kier alpha value is -3.85. The van der Waals surface area contributed by atoms with Gasteiger partial charge in [0, 0.05) is 5.56 Å². The number of hydrogen-bond donors (Lipinski definition) is 0. The van der Waals surface area contributed by atoms with Crippen LogP contribution in [0.1, 0.15) is 16.7 Å². The lowest BCUT2D eigenvalue weighted by Gasteiger charge is -2.16. The van der Waals surface area contributed by atoms with E-state index in [0.29, 0.717) is 0 Å². The molecule has 1 aromatic heterocycles. The number of nitrogens with zero attached hydrogens (tertiary/aromatic N) is 2. The Morgan fingerprint density at radius 1 is 0.667 bits per heavy atom. The van der Waals surface area contributed by atoms with Gasteiger partial charge in [0.1, 0.15) is 0 Å². The van der Waals surface area contributed by atoms with Crippen molar-refractivity contribution in [2.45, 2.75) is 20.8 Å². The summed E-state index contributed by atoms with van der Waals surface area (Å²) in [5.41, 5.74) is 14.1. The first-order valence-corrected chi connectivity index (χ1v) is 11.5. The number of fused-ring (bicyclic) bond motifs is 3. The Bertz CT molecular complexity index is 1440. The highest BCUT2D eigenvalue weighted by Gasteiger charge is 2.32. The SMILES string of the molecule is Cc1cc(C)c(-c2ccnn2-c2cccc(B3c4ccccc4-c4ccccc43)c2)c(C)c1. The Balaban J connectivity index is 1.50. The van der Waals surface area contributed by atoms with Gasteiger partial charge in [-0.15, -0.1) is 0 Å². The van der Waals surface area contributed by atoms with Gasteiger partial charge in [0.05, 0.1) is 17.6 Å². The molecule has 33 heavy (non-hydrogen) atoms. The molecular formula is C30H25BN2. The molecule has 0 radical (unpaired) electrons. The van der Waals surface area contributed by atoms with Crippen LogP contribution in [0.5, 0.6) is 0 Å². The Kier molecular flexibility index (Phi) is 4.58. The summed E-state index contributed by atoms with van der Waals surface area (Å²) in [6.07, 6.45) is 1.90. The van der Waals surface area contributed by atoms with Crippen molar-refractivity contribution in [3.63, 3.8) is 0 Å². The van der Waals surface area contributed by atoms with Gasteiger partial charge >= 0.3 is 0 Å². The maximum absolute atomic E-state index is 4.74. The molecule has 0 saturated carbocycles. The van der Waals surface area contributed by atoms with Gasteiger partial charge in [0.15, 0.2) is 0 Å². The maximum Gasteiger partial charge on any atom is 0.242 e. The fraction of sp³-hybridized carbons (Fsp3) is 0.100. The first-order valence-electron chi connectivity index (χ1n) is 11.5. The van der Waals surface area contributed by atoms with Crippen LogP contribution in [0.2, 0.25) is 0 Å². The second kappa shape index (κ2) is 7.63. The van der Waals surface area contributed by atoms with E-state index in [4.69, 9.17) is 5.10 Å². The van der Waals surface area contributed by atoms with E-state index in [1.54, 1.807) is 0 Å². The smallest absolute Gasteiger partial charge is 0.233 e.